The molecule has 4 unspecified atom stereocenters. The van der Waals surface area contributed by atoms with Gasteiger partial charge in [0.05, 0.1) is 5.60 Å². The van der Waals surface area contributed by atoms with Gasteiger partial charge in [-0.1, -0.05) is 13.3 Å². The molecule has 0 bridgehead atoms. The Morgan fingerprint density at radius 3 is 2.73 bits per heavy atom. The number of carbonyl (C=O) groups excluding carboxylic acids is 1. The minimum atomic E-state index is -0.586. The summed E-state index contributed by atoms with van der Waals surface area (Å²) in [5, 5.41) is 10.3. The van der Waals surface area contributed by atoms with E-state index in [-0.39, 0.29) is 11.8 Å². The molecule has 0 aliphatic heterocycles. The molecule has 0 radical (unpaired) electrons. The van der Waals surface area contributed by atoms with Crippen molar-refractivity contribution in [2.45, 2.75) is 58.0 Å². The van der Waals surface area contributed by atoms with Crippen LogP contribution in [0.2, 0.25) is 0 Å². The van der Waals surface area contributed by atoms with Crippen molar-refractivity contribution in [2.24, 2.45) is 17.8 Å². The van der Waals surface area contributed by atoms with Crippen molar-refractivity contribution in [1.29, 1.82) is 0 Å². The van der Waals surface area contributed by atoms with Gasteiger partial charge >= 0.3 is 0 Å². The van der Waals surface area contributed by atoms with Crippen LogP contribution in [0.3, 0.4) is 0 Å². The first-order valence-electron chi connectivity index (χ1n) is 6.26. The maximum absolute atomic E-state index is 11.9. The molecule has 0 aromatic heterocycles. The Bertz CT molecular complexity index is 257. The summed E-state index contributed by atoms with van der Waals surface area (Å²) in [5.74, 6) is 1.43. The molecule has 2 rings (SSSR count). The van der Waals surface area contributed by atoms with Crippen molar-refractivity contribution in [1.82, 2.24) is 0 Å². The molecular formula is C13H22O2. The third-order valence-electron chi connectivity index (χ3n) is 4.44. The summed E-state index contributed by atoms with van der Waals surface area (Å²) >= 11 is 0. The van der Waals surface area contributed by atoms with Crippen molar-refractivity contribution in [2.75, 3.05) is 0 Å². The molecule has 0 heterocycles. The molecule has 15 heavy (non-hydrogen) atoms. The van der Waals surface area contributed by atoms with Crippen molar-refractivity contribution in [3.05, 3.63) is 0 Å². The largest absolute Gasteiger partial charge is 0.390 e. The first-order chi connectivity index (χ1) is 7.00. The van der Waals surface area contributed by atoms with Gasteiger partial charge in [-0.15, -0.1) is 0 Å². The first kappa shape index (κ1) is 11.1. The average Bonchev–Trinajstić information content (AvgIpc) is 2.50. The minimum Gasteiger partial charge on any atom is -0.390 e. The predicted octanol–water partition coefficient (Wildman–Crippen LogP) is 2.54. The highest BCUT2D eigenvalue weighted by Crippen LogP contribution is 2.44. The molecule has 2 heteroatoms. The van der Waals surface area contributed by atoms with Crippen LogP contribution in [0.5, 0.6) is 0 Å². The van der Waals surface area contributed by atoms with E-state index < -0.39 is 5.60 Å². The van der Waals surface area contributed by atoms with Crippen molar-refractivity contribution in [3.8, 4) is 0 Å². The molecule has 1 N–H and O–H groups in total. The lowest BCUT2D eigenvalue weighted by Crippen LogP contribution is -2.40. The van der Waals surface area contributed by atoms with E-state index in [9.17, 15) is 9.90 Å². The topological polar surface area (TPSA) is 37.3 Å². The summed E-state index contributed by atoms with van der Waals surface area (Å²) in [7, 11) is 0. The molecule has 2 aliphatic carbocycles. The van der Waals surface area contributed by atoms with E-state index >= 15 is 0 Å². The van der Waals surface area contributed by atoms with E-state index in [0.29, 0.717) is 11.7 Å². The van der Waals surface area contributed by atoms with E-state index in [1.807, 2.05) is 6.92 Å². The molecule has 2 saturated carbocycles. The lowest BCUT2D eigenvalue weighted by Gasteiger charge is -2.36. The molecule has 86 valence electrons. The fourth-order valence-electron chi connectivity index (χ4n) is 3.46. The number of rotatable bonds is 1. The highest BCUT2D eigenvalue weighted by Gasteiger charge is 2.45. The maximum atomic E-state index is 11.9. The molecular weight excluding hydrogens is 188 g/mol. The molecule has 2 fully saturated rings. The third kappa shape index (κ3) is 2.10. The van der Waals surface area contributed by atoms with Gasteiger partial charge in [0.15, 0.2) is 0 Å². The lowest BCUT2D eigenvalue weighted by atomic mass is 9.70. The number of aliphatic hydroxyl groups is 1. The summed E-state index contributed by atoms with van der Waals surface area (Å²) in [5.41, 5.74) is -0.586. The Hall–Kier alpha value is -0.370. The Labute approximate surface area is 92.1 Å². The van der Waals surface area contributed by atoms with Crippen LogP contribution in [0.1, 0.15) is 52.4 Å². The highest BCUT2D eigenvalue weighted by molar-refractivity contribution is 5.82. The zero-order valence-corrected chi connectivity index (χ0v) is 9.83. The normalized spacial score (nSPS) is 47.1. The van der Waals surface area contributed by atoms with Crippen molar-refractivity contribution >= 4 is 5.78 Å². The van der Waals surface area contributed by atoms with Gasteiger partial charge in [0.2, 0.25) is 0 Å². The quantitative estimate of drug-likeness (QED) is 0.722. The van der Waals surface area contributed by atoms with Gasteiger partial charge in [-0.25, -0.2) is 0 Å². The molecule has 0 aromatic carbocycles. The van der Waals surface area contributed by atoms with E-state index in [1.54, 1.807) is 0 Å². The molecule has 0 amide bonds. The van der Waals surface area contributed by atoms with Gasteiger partial charge in [-0.2, -0.15) is 0 Å². The minimum absolute atomic E-state index is 0.145. The van der Waals surface area contributed by atoms with Gasteiger partial charge in [-0.05, 0) is 44.4 Å². The maximum Gasteiger partial charge on any atom is 0.136 e. The fourth-order valence-corrected chi connectivity index (χ4v) is 3.46. The Kier molecular flexibility index (Phi) is 2.89. The Morgan fingerprint density at radius 2 is 2.13 bits per heavy atom. The van der Waals surface area contributed by atoms with Crippen molar-refractivity contribution in [3.63, 3.8) is 0 Å². The van der Waals surface area contributed by atoms with E-state index in [2.05, 4.69) is 6.92 Å². The SMILES string of the molecule is CC1CCC(=O)C(C2CCCC2(C)O)C1. The number of hydrogen-bond donors (Lipinski definition) is 1. The predicted molar refractivity (Wildman–Crippen MR) is 59.5 cm³/mol. The Morgan fingerprint density at radius 1 is 1.40 bits per heavy atom. The van der Waals surface area contributed by atoms with Crippen LogP contribution in [0.25, 0.3) is 0 Å². The molecule has 0 aromatic rings. The van der Waals surface area contributed by atoms with Gasteiger partial charge in [0, 0.05) is 12.3 Å². The van der Waals surface area contributed by atoms with Gasteiger partial charge in [0.1, 0.15) is 5.78 Å². The second-order valence-corrected chi connectivity index (χ2v) is 5.81. The third-order valence-corrected chi connectivity index (χ3v) is 4.44. The number of hydrogen-bond acceptors (Lipinski definition) is 2. The van der Waals surface area contributed by atoms with Gasteiger partial charge < -0.3 is 5.11 Å². The number of carbonyl (C=O) groups is 1. The lowest BCUT2D eigenvalue weighted by molar-refractivity contribution is -0.131. The highest BCUT2D eigenvalue weighted by atomic mass is 16.3. The zero-order valence-electron chi connectivity index (χ0n) is 9.83. The summed E-state index contributed by atoms with van der Waals surface area (Å²) in [6.07, 6.45) is 5.77. The van der Waals surface area contributed by atoms with Crippen molar-refractivity contribution < 1.29 is 9.90 Å². The second kappa shape index (κ2) is 3.89. The van der Waals surface area contributed by atoms with Gasteiger partial charge in [0.25, 0.3) is 0 Å². The molecule has 4 atom stereocenters. The van der Waals surface area contributed by atoms with Crippen LogP contribution in [-0.4, -0.2) is 16.5 Å². The monoisotopic (exact) mass is 210 g/mol. The summed E-state index contributed by atoms with van der Waals surface area (Å²) in [6.45, 7) is 4.14. The molecule has 2 aliphatic rings. The van der Waals surface area contributed by atoms with E-state index in [1.165, 1.54) is 0 Å². The number of Topliss-reactive ketones (excluding diaryl/α,β-unsaturated/α-hetero) is 1. The van der Waals surface area contributed by atoms with Crippen LogP contribution in [0.15, 0.2) is 0 Å². The van der Waals surface area contributed by atoms with Gasteiger partial charge in [-0.3, -0.25) is 4.79 Å². The van der Waals surface area contributed by atoms with Crippen LogP contribution < -0.4 is 0 Å². The zero-order chi connectivity index (χ0) is 11.1. The molecule has 0 spiro atoms. The van der Waals surface area contributed by atoms with Crippen LogP contribution >= 0.6 is 0 Å². The summed E-state index contributed by atoms with van der Waals surface area (Å²) in [6, 6.07) is 0. The van der Waals surface area contributed by atoms with Crippen LogP contribution in [-0.2, 0) is 4.79 Å². The van der Waals surface area contributed by atoms with E-state index in [0.717, 1.165) is 38.5 Å². The first-order valence-corrected chi connectivity index (χ1v) is 6.26. The summed E-state index contributed by atoms with van der Waals surface area (Å²) < 4.78 is 0. The van der Waals surface area contributed by atoms with Crippen LogP contribution in [0, 0.1) is 17.8 Å². The smallest absolute Gasteiger partial charge is 0.136 e. The van der Waals surface area contributed by atoms with E-state index in [4.69, 9.17) is 0 Å². The summed E-state index contributed by atoms with van der Waals surface area (Å²) in [4.78, 5) is 11.9. The van der Waals surface area contributed by atoms with Crippen LogP contribution in [0.4, 0.5) is 0 Å². The fraction of sp³-hybridized carbons (Fsp3) is 0.923. The Balaban J connectivity index is 2.11. The number of ketones is 1. The standard InChI is InChI=1S/C13H22O2/c1-9-5-6-12(14)10(8-9)11-4-3-7-13(11,2)15/h9-11,15H,3-8H2,1-2H3. The molecule has 0 saturated heterocycles. The average molecular weight is 210 g/mol. The molecule has 2 nitrogen and oxygen atoms in total. The second-order valence-electron chi connectivity index (χ2n) is 5.81.